The average Bonchev–Trinajstić information content (AvgIpc) is 2.99. The van der Waals surface area contributed by atoms with Crippen LogP contribution in [0.15, 0.2) is 6.07 Å². The van der Waals surface area contributed by atoms with Gasteiger partial charge in [-0.25, -0.2) is 9.97 Å². The van der Waals surface area contributed by atoms with Gasteiger partial charge in [0.1, 0.15) is 11.6 Å². The van der Waals surface area contributed by atoms with Crippen molar-refractivity contribution in [1.82, 2.24) is 9.97 Å². The number of hydrogen-bond acceptors (Lipinski definition) is 4. The Kier molecular flexibility index (Phi) is 2.79. The second-order valence-electron chi connectivity index (χ2n) is 5.17. The molecule has 0 amide bonds. The van der Waals surface area contributed by atoms with E-state index in [1.807, 2.05) is 4.90 Å². The van der Waals surface area contributed by atoms with E-state index in [9.17, 15) is 13.2 Å². The fourth-order valence-electron chi connectivity index (χ4n) is 3.04. The molecule has 4 nitrogen and oxygen atoms in total. The highest BCUT2D eigenvalue weighted by molar-refractivity contribution is 5.51. The third-order valence-corrected chi connectivity index (χ3v) is 3.93. The Labute approximate surface area is 109 Å². The highest BCUT2D eigenvalue weighted by Crippen LogP contribution is 2.40. The number of rotatable bonds is 2. The molecule has 1 aliphatic heterocycles. The lowest BCUT2D eigenvalue weighted by atomic mass is 10.1. The van der Waals surface area contributed by atoms with Crippen LogP contribution < -0.4 is 10.2 Å². The molecule has 2 heterocycles. The summed E-state index contributed by atoms with van der Waals surface area (Å²) in [5, 5.41) is 2.67. The van der Waals surface area contributed by atoms with Crippen LogP contribution in [0.4, 0.5) is 24.8 Å². The number of nitrogens with one attached hydrogen (secondary N) is 1. The van der Waals surface area contributed by atoms with E-state index in [0.29, 0.717) is 17.8 Å². The maximum Gasteiger partial charge on any atom is 0.451 e. The second kappa shape index (κ2) is 4.25. The maximum absolute atomic E-state index is 12.8. The van der Waals surface area contributed by atoms with Crippen molar-refractivity contribution in [2.24, 2.45) is 5.92 Å². The number of anilines is 2. The highest BCUT2D eigenvalue weighted by atomic mass is 19.4. The van der Waals surface area contributed by atoms with Crippen LogP contribution in [0.25, 0.3) is 0 Å². The van der Waals surface area contributed by atoms with Gasteiger partial charge in [-0.05, 0) is 25.2 Å². The predicted octanol–water partition coefficient (Wildman–Crippen LogP) is 2.53. The van der Waals surface area contributed by atoms with Crippen LogP contribution in [-0.2, 0) is 6.18 Å². The smallest absolute Gasteiger partial charge is 0.373 e. The van der Waals surface area contributed by atoms with Gasteiger partial charge in [-0.1, -0.05) is 0 Å². The second-order valence-corrected chi connectivity index (χ2v) is 5.17. The summed E-state index contributed by atoms with van der Waals surface area (Å²) in [5.41, 5.74) is 0. The molecule has 1 N–H and O–H groups in total. The van der Waals surface area contributed by atoms with Gasteiger partial charge in [0.2, 0.25) is 5.82 Å². The Morgan fingerprint density at radius 2 is 2.11 bits per heavy atom. The zero-order valence-electron chi connectivity index (χ0n) is 10.5. The Bertz CT molecular complexity index is 488. The van der Waals surface area contributed by atoms with Gasteiger partial charge >= 0.3 is 6.18 Å². The number of halogens is 3. The molecule has 2 aliphatic rings. The lowest BCUT2D eigenvalue weighted by Crippen LogP contribution is -2.33. The average molecular weight is 272 g/mol. The van der Waals surface area contributed by atoms with E-state index in [4.69, 9.17) is 0 Å². The summed E-state index contributed by atoms with van der Waals surface area (Å²) in [6, 6.07) is 1.93. The highest BCUT2D eigenvalue weighted by Gasteiger charge is 2.40. The molecule has 1 aromatic heterocycles. The fourth-order valence-corrected chi connectivity index (χ4v) is 3.04. The Hall–Kier alpha value is -1.53. The van der Waals surface area contributed by atoms with Gasteiger partial charge in [-0.3, -0.25) is 0 Å². The Morgan fingerprint density at radius 3 is 2.63 bits per heavy atom. The van der Waals surface area contributed by atoms with Crippen molar-refractivity contribution in [2.45, 2.75) is 31.5 Å². The van der Waals surface area contributed by atoms with Crippen molar-refractivity contribution in [3.05, 3.63) is 11.9 Å². The minimum Gasteiger partial charge on any atom is -0.373 e. The third kappa shape index (κ3) is 2.21. The molecule has 1 aliphatic carbocycles. The molecule has 1 saturated heterocycles. The van der Waals surface area contributed by atoms with Crippen molar-refractivity contribution < 1.29 is 13.2 Å². The summed E-state index contributed by atoms with van der Waals surface area (Å²) in [6.07, 6.45) is -1.22. The van der Waals surface area contributed by atoms with Crippen LogP contribution in [0.2, 0.25) is 0 Å². The summed E-state index contributed by atoms with van der Waals surface area (Å²) in [5.74, 6) is 0.128. The normalized spacial score (nSPS) is 26.0. The van der Waals surface area contributed by atoms with Gasteiger partial charge in [-0.15, -0.1) is 0 Å². The van der Waals surface area contributed by atoms with Gasteiger partial charge in [-0.2, -0.15) is 13.2 Å². The first-order valence-electron chi connectivity index (χ1n) is 6.38. The molecular formula is C12H15F3N4. The molecular weight excluding hydrogens is 257 g/mol. The molecule has 3 rings (SSSR count). The number of hydrogen-bond donors (Lipinski definition) is 1. The molecule has 7 heteroatoms. The SMILES string of the molecule is CNc1cc(N2CC3CCC2C3)nc(C(F)(F)F)n1. The summed E-state index contributed by atoms with van der Waals surface area (Å²) in [6.45, 7) is 0.808. The van der Waals surface area contributed by atoms with Crippen LogP contribution in [-0.4, -0.2) is 29.6 Å². The largest absolute Gasteiger partial charge is 0.451 e. The van der Waals surface area contributed by atoms with Crippen molar-refractivity contribution in [2.75, 3.05) is 23.8 Å². The Balaban J connectivity index is 1.97. The molecule has 1 aromatic rings. The molecule has 2 atom stereocenters. The summed E-state index contributed by atoms with van der Waals surface area (Å²) in [4.78, 5) is 9.18. The van der Waals surface area contributed by atoms with E-state index in [1.165, 1.54) is 6.42 Å². The summed E-state index contributed by atoms with van der Waals surface area (Å²) >= 11 is 0. The van der Waals surface area contributed by atoms with E-state index in [1.54, 1.807) is 13.1 Å². The predicted molar refractivity (Wildman–Crippen MR) is 65.1 cm³/mol. The monoisotopic (exact) mass is 272 g/mol. The van der Waals surface area contributed by atoms with E-state index in [2.05, 4.69) is 15.3 Å². The van der Waals surface area contributed by atoms with Crippen LogP contribution in [0, 0.1) is 5.92 Å². The third-order valence-electron chi connectivity index (χ3n) is 3.93. The number of fused-ring (bicyclic) bond motifs is 2. The quantitative estimate of drug-likeness (QED) is 0.898. The molecule has 2 unspecified atom stereocenters. The first-order valence-corrected chi connectivity index (χ1v) is 6.38. The van der Waals surface area contributed by atoms with Crippen LogP contribution in [0.1, 0.15) is 25.1 Å². The van der Waals surface area contributed by atoms with E-state index < -0.39 is 12.0 Å². The van der Waals surface area contributed by atoms with Crippen molar-refractivity contribution in [1.29, 1.82) is 0 Å². The van der Waals surface area contributed by atoms with Crippen LogP contribution >= 0.6 is 0 Å². The van der Waals surface area contributed by atoms with Gasteiger partial charge in [0.15, 0.2) is 0 Å². The molecule has 1 saturated carbocycles. The maximum atomic E-state index is 12.8. The Morgan fingerprint density at radius 1 is 1.32 bits per heavy atom. The first-order chi connectivity index (χ1) is 8.97. The number of alkyl halides is 3. The molecule has 2 bridgehead atoms. The standard InChI is InChI=1S/C12H15F3N4/c1-16-9-5-10(18-11(17-9)12(13,14)15)19-6-7-2-3-8(19)4-7/h5,7-8H,2-4,6H2,1H3,(H,16,17,18). The van der Waals surface area contributed by atoms with Gasteiger partial charge in [0, 0.05) is 25.7 Å². The molecule has 2 fully saturated rings. The van der Waals surface area contributed by atoms with Crippen molar-refractivity contribution in [3.63, 3.8) is 0 Å². The minimum atomic E-state index is -4.51. The zero-order chi connectivity index (χ0) is 13.6. The summed E-state index contributed by atoms with van der Waals surface area (Å²) < 4.78 is 38.4. The lowest BCUT2D eigenvalue weighted by molar-refractivity contribution is -0.144. The molecule has 0 aromatic carbocycles. The molecule has 0 spiro atoms. The van der Waals surface area contributed by atoms with Crippen molar-refractivity contribution in [3.8, 4) is 0 Å². The minimum absolute atomic E-state index is 0.208. The van der Waals surface area contributed by atoms with Crippen LogP contribution in [0.3, 0.4) is 0 Å². The van der Waals surface area contributed by atoms with Crippen LogP contribution in [0.5, 0.6) is 0 Å². The van der Waals surface area contributed by atoms with Gasteiger partial charge in [0.05, 0.1) is 0 Å². The lowest BCUT2D eigenvalue weighted by Gasteiger charge is -2.28. The number of piperidine rings is 1. The van der Waals surface area contributed by atoms with Gasteiger partial charge < -0.3 is 10.2 Å². The first kappa shape index (κ1) is 12.5. The molecule has 0 radical (unpaired) electrons. The van der Waals surface area contributed by atoms with Gasteiger partial charge in [0.25, 0.3) is 0 Å². The zero-order valence-corrected chi connectivity index (χ0v) is 10.5. The molecule has 19 heavy (non-hydrogen) atoms. The van der Waals surface area contributed by atoms with E-state index >= 15 is 0 Å². The van der Waals surface area contributed by atoms with Crippen molar-refractivity contribution >= 4 is 11.6 Å². The van der Waals surface area contributed by atoms with E-state index in [-0.39, 0.29) is 5.82 Å². The molecule has 104 valence electrons. The fraction of sp³-hybridized carbons (Fsp3) is 0.667. The van der Waals surface area contributed by atoms with E-state index in [0.717, 1.165) is 19.4 Å². The topological polar surface area (TPSA) is 41.0 Å². The number of nitrogens with zero attached hydrogens (tertiary/aromatic N) is 3. The summed E-state index contributed by atoms with van der Waals surface area (Å²) in [7, 11) is 1.56. The number of aromatic nitrogens is 2.